The number of unbranched alkanes of at least 4 members (excludes halogenated alkanes) is 15. The first-order valence-electron chi connectivity index (χ1n) is 16.3. The Morgan fingerprint density at radius 1 is 0.425 bits per heavy atom. The summed E-state index contributed by atoms with van der Waals surface area (Å²) in [7, 11) is 0. The predicted octanol–water partition coefficient (Wildman–Crippen LogP) is 2.86. The van der Waals surface area contributed by atoms with Crippen LogP contribution in [0.15, 0.2) is 49.1 Å². The van der Waals surface area contributed by atoms with Gasteiger partial charge in [0.1, 0.15) is 13.1 Å². The van der Waals surface area contributed by atoms with Gasteiger partial charge in [0.05, 0.1) is 0 Å². The van der Waals surface area contributed by atoms with Gasteiger partial charge in [-0.25, -0.2) is 9.13 Å². The van der Waals surface area contributed by atoms with Crippen LogP contribution in [0.2, 0.25) is 0 Å². The van der Waals surface area contributed by atoms with Gasteiger partial charge in [-0.3, -0.25) is 0 Å². The minimum Gasteiger partial charge on any atom is -1.00 e. The van der Waals surface area contributed by atoms with Crippen LogP contribution in [0, 0.1) is 0 Å². The Balaban J connectivity index is 0.00000760. The molecular formula is C34H60Br2N4. The highest BCUT2D eigenvalue weighted by Crippen LogP contribution is 2.10. The van der Waals surface area contributed by atoms with Gasteiger partial charge in [0.15, 0.2) is 24.8 Å². The molecular weight excluding hydrogens is 624 g/mol. The zero-order chi connectivity index (χ0) is 26.9. The van der Waals surface area contributed by atoms with E-state index < -0.39 is 0 Å². The van der Waals surface area contributed by atoms with Crippen LogP contribution in [-0.2, 0) is 13.1 Å². The molecule has 2 heterocycles. The average molecular weight is 685 g/mol. The number of hydrogen-bond acceptors (Lipinski definition) is 2. The minimum atomic E-state index is 0. The van der Waals surface area contributed by atoms with Gasteiger partial charge >= 0.3 is 0 Å². The fourth-order valence-corrected chi connectivity index (χ4v) is 5.02. The van der Waals surface area contributed by atoms with Gasteiger partial charge in [-0.1, -0.05) is 90.9 Å². The lowest BCUT2D eigenvalue weighted by molar-refractivity contribution is -0.697. The molecule has 0 bridgehead atoms. The molecule has 0 unspecified atom stereocenters. The maximum absolute atomic E-state index is 3.57. The molecule has 0 spiro atoms. The molecule has 0 aromatic carbocycles. The van der Waals surface area contributed by atoms with Gasteiger partial charge < -0.3 is 44.6 Å². The molecule has 0 fully saturated rings. The number of hydrogen-bond donors (Lipinski definition) is 2. The molecule has 0 saturated heterocycles. The molecule has 2 N–H and O–H groups in total. The van der Waals surface area contributed by atoms with Crippen molar-refractivity contribution in [2.45, 2.75) is 143 Å². The normalized spacial score (nSPS) is 10.6. The van der Waals surface area contributed by atoms with Crippen LogP contribution < -0.4 is 53.7 Å². The number of nitrogens with zero attached hydrogens (tertiary/aromatic N) is 2. The summed E-state index contributed by atoms with van der Waals surface area (Å²) in [6.07, 6.45) is 33.1. The maximum Gasteiger partial charge on any atom is 0.170 e. The third-order valence-electron chi connectivity index (χ3n) is 7.58. The van der Waals surface area contributed by atoms with Crippen molar-refractivity contribution in [1.82, 2.24) is 0 Å². The van der Waals surface area contributed by atoms with Crippen LogP contribution in [0.1, 0.15) is 129 Å². The van der Waals surface area contributed by atoms with Gasteiger partial charge in [-0.15, -0.1) is 0 Å². The van der Waals surface area contributed by atoms with Crippen LogP contribution in [0.3, 0.4) is 0 Å². The molecule has 2 aromatic heterocycles. The molecule has 0 radical (unpaired) electrons. The van der Waals surface area contributed by atoms with Gasteiger partial charge in [0, 0.05) is 61.6 Å². The summed E-state index contributed by atoms with van der Waals surface area (Å²) in [5.41, 5.74) is 2.51. The van der Waals surface area contributed by atoms with E-state index in [4.69, 9.17) is 0 Å². The van der Waals surface area contributed by atoms with Crippen molar-refractivity contribution in [2.24, 2.45) is 0 Å². The van der Waals surface area contributed by atoms with Gasteiger partial charge in [-0.2, -0.15) is 0 Å². The van der Waals surface area contributed by atoms with E-state index in [0.29, 0.717) is 0 Å². The Labute approximate surface area is 268 Å². The number of aromatic nitrogens is 2. The zero-order valence-electron chi connectivity index (χ0n) is 25.8. The number of rotatable bonds is 25. The number of halogens is 2. The van der Waals surface area contributed by atoms with Crippen LogP contribution in [0.5, 0.6) is 0 Å². The smallest absolute Gasteiger partial charge is 0.170 e. The first kappa shape index (κ1) is 38.9. The van der Waals surface area contributed by atoms with Gasteiger partial charge in [0.2, 0.25) is 0 Å². The molecule has 0 saturated carbocycles. The highest BCUT2D eigenvalue weighted by molar-refractivity contribution is 5.40. The summed E-state index contributed by atoms with van der Waals surface area (Å²) < 4.78 is 4.66. The Morgan fingerprint density at radius 2 is 0.725 bits per heavy atom. The maximum atomic E-state index is 3.57. The van der Waals surface area contributed by atoms with E-state index in [2.05, 4.69) is 82.7 Å². The molecule has 0 atom stereocenters. The van der Waals surface area contributed by atoms with E-state index in [0.717, 1.165) is 26.2 Å². The average Bonchev–Trinajstić information content (AvgIpc) is 2.95. The van der Waals surface area contributed by atoms with Crippen LogP contribution in [-0.4, -0.2) is 13.1 Å². The first-order chi connectivity index (χ1) is 18.8. The number of anilines is 2. The summed E-state index contributed by atoms with van der Waals surface area (Å²) in [5, 5.41) is 7.14. The summed E-state index contributed by atoms with van der Waals surface area (Å²) >= 11 is 0. The first-order valence-corrected chi connectivity index (χ1v) is 16.3. The fraction of sp³-hybridized carbons (Fsp3) is 0.706. The largest absolute Gasteiger partial charge is 1.00 e. The molecule has 2 rings (SSSR count). The lowest BCUT2D eigenvalue weighted by Gasteiger charge is -2.06. The molecule has 2 aromatic rings. The predicted molar refractivity (Wildman–Crippen MR) is 165 cm³/mol. The highest BCUT2D eigenvalue weighted by Gasteiger charge is 2.03. The SMILES string of the molecule is CCCCCCCCNc1cc[n+](CCCCCCCC[n+]2ccc(NCCCCCCCC)cc2)cc1.[Br-].[Br-]. The van der Waals surface area contributed by atoms with E-state index in [-0.39, 0.29) is 34.0 Å². The van der Waals surface area contributed by atoms with Crippen molar-refractivity contribution in [3.63, 3.8) is 0 Å². The summed E-state index contributed by atoms with van der Waals surface area (Å²) in [6, 6.07) is 8.92. The fourth-order valence-electron chi connectivity index (χ4n) is 5.02. The van der Waals surface area contributed by atoms with Crippen molar-refractivity contribution in [2.75, 3.05) is 23.7 Å². The second kappa shape index (κ2) is 28.0. The third kappa shape index (κ3) is 20.7. The van der Waals surface area contributed by atoms with Gasteiger partial charge in [0.25, 0.3) is 0 Å². The summed E-state index contributed by atoms with van der Waals surface area (Å²) in [4.78, 5) is 0. The number of aryl methyl sites for hydroxylation is 2. The number of pyridine rings is 2. The van der Waals surface area contributed by atoms with E-state index in [1.807, 2.05) is 0 Å². The van der Waals surface area contributed by atoms with E-state index in [1.165, 1.54) is 127 Å². The zero-order valence-corrected chi connectivity index (χ0v) is 29.0. The van der Waals surface area contributed by atoms with Crippen LogP contribution in [0.4, 0.5) is 11.4 Å². The number of nitrogens with one attached hydrogen (secondary N) is 2. The minimum absolute atomic E-state index is 0. The Morgan fingerprint density at radius 3 is 1.07 bits per heavy atom. The topological polar surface area (TPSA) is 31.8 Å². The van der Waals surface area contributed by atoms with E-state index in [1.54, 1.807) is 0 Å². The third-order valence-corrected chi connectivity index (χ3v) is 7.58. The molecule has 40 heavy (non-hydrogen) atoms. The van der Waals surface area contributed by atoms with Crippen molar-refractivity contribution in [1.29, 1.82) is 0 Å². The molecule has 0 amide bonds. The lowest BCUT2D eigenvalue weighted by atomic mass is 10.1. The second-order valence-corrected chi connectivity index (χ2v) is 11.2. The quantitative estimate of drug-likeness (QED) is 0.125. The highest BCUT2D eigenvalue weighted by atomic mass is 79.9. The molecule has 0 aliphatic rings. The Kier molecular flexibility index (Phi) is 27.2. The second-order valence-electron chi connectivity index (χ2n) is 11.2. The Bertz CT molecular complexity index is 716. The van der Waals surface area contributed by atoms with E-state index in [9.17, 15) is 0 Å². The molecule has 230 valence electrons. The van der Waals surface area contributed by atoms with Crippen LogP contribution in [0.25, 0.3) is 0 Å². The van der Waals surface area contributed by atoms with Crippen molar-refractivity contribution in [3.8, 4) is 0 Å². The molecule has 0 aliphatic heterocycles. The van der Waals surface area contributed by atoms with Crippen molar-refractivity contribution >= 4 is 11.4 Å². The lowest BCUT2D eigenvalue weighted by Crippen LogP contribution is -3.00. The molecule has 0 aliphatic carbocycles. The molecule has 6 heteroatoms. The summed E-state index contributed by atoms with van der Waals surface area (Å²) in [6.45, 7) is 9.01. The molecule has 4 nitrogen and oxygen atoms in total. The Hall–Kier alpha value is -1.14. The van der Waals surface area contributed by atoms with Gasteiger partial charge in [-0.05, 0) is 25.7 Å². The monoisotopic (exact) mass is 682 g/mol. The standard InChI is InChI=1S/C34H58N4.2BrH/c1-3-5-7-9-13-17-25-35-33-21-29-37(30-22-33)27-19-15-11-12-16-20-28-38-31-23-34(24-32-38)36-26-18-14-10-8-6-4-2;;/h21-24,29-32H,3-20,25-28H2,1-2H3;2*1H. The van der Waals surface area contributed by atoms with Crippen LogP contribution >= 0.6 is 0 Å². The van der Waals surface area contributed by atoms with E-state index >= 15 is 0 Å². The van der Waals surface area contributed by atoms with Crippen molar-refractivity contribution < 1.29 is 43.1 Å². The van der Waals surface area contributed by atoms with Crippen molar-refractivity contribution in [3.05, 3.63) is 49.1 Å². The summed E-state index contributed by atoms with van der Waals surface area (Å²) in [5.74, 6) is 0.